The molecule has 0 atom stereocenters. The molecule has 0 aliphatic heterocycles. The third kappa shape index (κ3) is 5.83. The summed E-state index contributed by atoms with van der Waals surface area (Å²) in [5.41, 5.74) is 2.99. The number of carbonyl (C=O) groups is 3. The van der Waals surface area contributed by atoms with E-state index >= 15 is 0 Å². The number of hydrogen-bond acceptors (Lipinski definition) is 5. The van der Waals surface area contributed by atoms with Crippen LogP contribution in [0.2, 0.25) is 0 Å². The van der Waals surface area contributed by atoms with Crippen molar-refractivity contribution in [3.63, 3.8) is 0 Å². The number of nitrogens with one attached hydrogen (secondary N) is 3. The summed E-state index contributed by atoms with van der Waals surface area (Å²) < 4.78 is 1.54. The van der Waals surface area contributed by atoms with Gasteiger partial charge in [0.25, 0.3) is 11.8 Å². The Morgan fingerprint density at radius 2 is 1.68 bits per heavy atom. The van der Waals surface area contributed by atoms with Crippen LogP contribution in [0.1, 0.15) is 26.5 Å². The summed E-state index contributed by atoms with van der Waals surface area (Å²) in [5.74, 6) is -0.704. The number of benzene rings is 2. The van der Waals surface area contributed by atoms with E-state index in [-0.39, 0.29) is 24.3 Å². The van der Waals surface area contributed by atoms with Crippen molar-refractivity contribution in [2.24, 2.45) is 0 Å². The fourth-order valence-corrected chi connectivity index (χ4v) is 3.37. The molecule has 3 amide bonds. The quantitative estimate of drug-likeness (QED) is 0.352. The Morgan fingerprint density at radius 1 is 0.882 bits per heavy atom. The number of pyridine rings is 1. The lowest BCUT2D eigenvalue weighted by Crippen LogP contribution is -2.36. The van der Waals surface area contributed by atoms with Crippen LogP contribution in [0.5, 0.6) is 0 Å². The van der Waals surface area contributed by atoms with Gasteiger partial charge in [-0.15, -0.1) is 0 Å². The van der Waals surface area contributed by atoms with Crippen molar-refractivity contribution in [1.82, 2.24) is 25.4 Å². The number of carbonyl (C=O) groups excluding carboxylic acids is 3. The van der Waals surface area contributed by atoms with Gasteiger partial charge in [0.15, 0.2) is 0 Å². The molecule has 2 heterocycles. The average molecular weight is 457 g/mol. The van der Waals surface area contributed by atoms with Crippen LogP contribution in [0, 0.1) is 6.92 Å². The molecule has 0 aliphatic rings. The molecule has 34 heavy (non-hydrogen) atoms. The Morgan fingerprint density at radius 3 is 2.47 bits per heavy atom. The molecule has 0 spiro atoms. The van der Waals surface area contributed by atoms with Crippen molar-refractivity contribution in [2.45, 2.75) is 13.5 Å². The first kappa shape index (κ1) is 22.7. The van der Waals surface area contributed by atoms with E-state index < -0.39 is 0 Å². The van der Waals surface area contributed by atoms with Gasteiger partial charge in [-0.05, 0) is 49.4 Å². The number of nitrogens with zero attached hydrogens (tertiary/aromatic N) is 3. The molecule has 9 nitrogen and oxygen atoms in total. The van der Waals surface area contributed by atoms with Crippen molar-refractivity contribution in [3.8, 4) is 0 Å². The third-order valence-corrected chi connectivity index (χ3v) is 5.00. The van der Waals surface area contributed by atoms with Crippen LogP contribution >= 0.6 is 0 Å². The summed E-state index contributed by atoms with van der Waals surface area (Å²) >= 11 is 0. The highest BCUT2D eigenvalue weighted by molar-refractivity contribution is 6.03. The minimum absolute atomic E-state index is 0.0379. The molecule has 0 radical (unpaired) electrons. The van der Waals surface area contributed by atoms with Crippen LogP contribution in [0.3, 0.4) is 0 Å². The Bertz CT molecular complexity index is 1330. The molecule has 4 rings (SSSR count). The summed E-state index contributed by atoms with van der Waals surface area (Å²) in [7, 11) is 0. The van der Waals surface area contributed by atoms with Gasteiger partial charge in [-0.1, -0.05) is 24.3 Å². The minimum Gasteiger partial charge on any atom is -0.353 e. The van der Waals surface area contributed by atoms with Crippen molar-refractivity contribution >= 4 is 34.3 Å². The topological polar surface area (TPSA) is 118 Å². The molecule has 0 aliphatic carbocycles. The van der Waals surface area contributed by atoms with Gasteiger partial charge in [-0.2, -0.15) is 5.10 Å². The first-order valence-corrected chi connectivity index (χ1v) is 10.8. The molecule has 9 heteroatoms. The molecule has 0 saturated carbocycles. The number of anilines is 1. The van der Waals surface area contributed by atoms with Crippen LogP contribution in [0.15, 0.2) is 72.9 Å². The first-order valence-electron chi connectivity index (χ1n) is 10.8. The van der Waals surface area contributed by atoms with Gasteiger partial charge in [-0.25, -0.2) is 4.98 Å². The van der Waals surface area contributed by atoms with Crippen LogP contribution in [0.25, 0.3) is 10.9 Å². The zero-order valence-electron chi connectivity index (χ0n) is 18.6. The monoisotopic (exact) mass is 456 g/mol. The van der Waals surface area contributed by atoms with E-state index in [1.807, 2.05) is 19.1 Å². The SMILES string of the molecule is Cc1cccc(C(=O)Nc2ccc3nn(CC(=O)NCCNC(=O)c4ccccc4)cc3c2)n1. The third-order valence-electron chi connectivity index (χ3n) is 5.00. The molecule has 0 bridgehead atoms. The number of amides is 3. The predicted molar refractivity (Wildman–Crippen MR) is 128 cm³/mol. The molecular weight excluding hydrogens is 432 g/mol. The van der Waals surface area contributed by atoms with E-state index in [0.717, 1.165) is 11.1 Å². The van der Waals surface area contributed by atoms with Crippen molar-refractivity contribution in [2.75, 3.05) is 18.4 Å². The second kappa shape index (κ2) is 10.4. The highest BCUT2D eigenvalue weighted by atomic mass is 16.2. The Kier molecular flexibility index (Phi) is 6.92. The lowest BCUT2D eigenvalue weighted by molar-refractivity contribution is -0.121. The highest BCUT2D eigenvalue weighted by Crippen LogP contribution is 2.18. The van der Waals surface area contributed by atoms with Gasteiger partial charge in [-0.3, -0.25) is 19.1 Å². The molecular formula is C25H24N6O3. The van der Waals surface area contributed by atoms with Gasteiger partial charge >= 0.3 is 0 Å². The van der Waals surface area contributed by atoms with E-state index in [1.165, 1.54) is 4.68 Å². The van der Waals surface area contributed by atoms with Gasteiger partial charge in [0.2, 0.25) is 5.91 Å². The fourth-order valence-electron chi connectivity index (χ4n) is 3.37. The number of aromatic nitrogens is 3. The van der Waals surface area contributed by atoms with E-state index in [9.17, 15) is 14.4 Å². The minimum atomic E-state index is -0.297. The summed E-state index contributed by atoms with van der Waals surface area (Å²) in [4.78, 5) is 40.9. The van der Waals surface area contributed by atoms with Crippen LogP contribution < -0.4 is 16.0 Å². The average Bonchev–Trinajstić information content (AvgIpc) is 3.23. The second-order valence-corrected chi connectivity index (χ2v) is 7.69. The van der Waals surface area contributed by atoms with Crippen LogP contribution in [-0.2, 0) is 11.3 Å². The van der Waals surface area contributed by atoms with Gasteiger partial charge in [0.1, 0.15) is 12.2 Å². The lowest BCUT2D eigenvalue weighted by Gasteiger charge is -2.07. The normalized spacial score (nSPS) is 10.6. The molecule has 2 aromatic heterocycles. The van der Waals surface area contributed by atoms with Crippen LogP contribution in [-0.4, -0.2) is 45.6 Å². The largest absolute Gasteiger partial charge is 0.353 e. The predicted octanol–water partition coefficient (Wildman–Crippen LogP) is 2.54. The number of aryl methyl sites for hydroxylation is 1. The number of hydrogen-bond donors (Lipinski definition) is 3. The van der Waals surface area contributed by atoms with Crippen LogP contribution in [0.4, 0.5) is 5.69 Å². The van der Waals surface area contributed by atoms with Gasteiger partial charge in [0.05, 0.1) is 5.52 Å². The summed E-state index contributed by atoms with van der Waals surface area (Å²) in [6.45, 7) is 2.49. The molecule has 0 saturated heterocycles. The Balaban J connectivity index is 1.28. The van der Waals surface area contributed by atoms with Gasteiger partial charge in [0, 0.05) is 41.6 Å². The molecule has 172 valence electrons. The second-order valence-electron chi connectivity index (χ2n) is 7.69. The van der Waals surface area contributed by atoms with Gasteiger partial charge < -0.3 is 16.0 Å². The zero-order valence-corrected chi connectivity index (χ0v) is 18.6. The maximum absolute atomic E-state index is 12.4. The Labute approximate surface area is 196 Å². The van der Waals surface area contributed by atoms with Crippen molar-refractivity contribution in [3.05, 3.63) is 89.9 Å². The van der Waals surface area contributed by atoms with E-state index in [1.54, 1.807) is 60.8 Å². The van der Waals surface area contributed by atoms with E-state index in [2.05, 4.69) is 26.0 Å². The first-order chi connectivity index (χ1) is 16.5. The fraction of sp³-hybridized carbons (Fsp3) is 0.160. The Hall–Kier alpha value is -4.53. The highest BCUT2D eigenvalue weighted by Gasteiger charge is 2.10. The number of fused-ring (bicyclic) bond motifs is 1. The lowest BCUT2D eigenvalue weighted by atomic mass is 10.2. The zero-order chi connectivity index (χ0) is 23.9. The summed E-state index contributed by atoms with van der Waals surface area (Å²) in [5, 5.41) is 13.5. The van der Waals surface area contributed by atoms with Crippen molar-refractivity contribution in [1.29, 1.82) is 0 Å². The smallest absolute Gasteiger partial charge is 0.274 e. The molecule has 2 aromatic carbocycles. The molecule has 3 N–H and O–H groups in total. The van der Waals surface area contributed by atoms with Crippen molar-refractivity contribution < 1.29 is 14.4 Å². The van der Waals surface area contributed by atoms with E-state index in [4.69, 9.17) is 0 Å². The molecule has 4 aromatic rings. The standard InChI is InChI=1S/C25H24N6O3/c1-17-6-5-9-22(28-17)25(34)29-20-10-11-21-19(14-20)15-31(30-21)16-23(32)26-12-13-27-24(33)18-7-3-2-4-8-18/h2-11,14-15H,12-13,16H2,1H3,(H,26,32)(H,27,33)(H,29,34). The summed E-state index contributed by atoms with van der Waals surface area (Å²) in [6, 6.07) is 19.5. The number of rotatable bonds is 8. The van der Waals surface area contributed by atoms with E-state index in [0.29, 0.717) is 35.6 Å². The maximum atomic E-state index is 12.4. The maximum Gasteiger partial charge on any atom is 0.274 e. The molecule has 0 unspecified atom stereocenters. The summed E-state index contributed by atoms with van der Waals surface area (Å²) in [6.07, 6.45) is 1.74. The molecule has 0 fully saturated rings.